The number of nitrogens with zero attached hydrogens (tertiary/aromatic N) is 1. The monoisotopic (exact) mass is 482 g/mol. The van der Waals surface area contributed by atoms with E-state index in [1.807, 2.05) is 47.4 Å². The predicted octanol–water partition coefficient (Wildman–Crippen LogP) is 5.93. The Labute approximate surface area is 215 Å². The minimum Gasteiger partial charge on any atom is -0.352 e. The zero-order chi connectivity index (χ0) is 25.3. The maximum atomic E-state index is 13.8. The van der Waals surface area contributed by atoms with Crippen LogP contribution in [0, 0.1) is 13.8 Å². The number of rotatable bonds is 10. The molecule has 3 aromatic carbocycles. The molecule has 1 aliphatic carbocycles. The summed E-state index contributed by atoms with van der Waals surface area (Å²) in [5.41, 5.74) is 5.60. The van der Waals surface area contributed by atoms with Gasteiger partial charge in [0, 0.05) is 25.4 Å². The fourth-order valence-corrected chi connectivity index (χ4v) is 5.08. The molecular formula is C32H38N2O2. The van der Waals surface area contributed by atoms with Gasteiger partial charge in [-0.05, 0) is 49.8 Å². The highest BCUT2D eigenvalue weighted by Crippen LogP contribution is 2.21. The minimum atomic E-state index is -0.556. The van der Waals surface area contributed by atoms with Crippen LogP contribution in [0.1, 0.15) is 59.9 Å². The van der Waals surface area contributed by atoms with Crippen LogP contribution in [0.25, 0.3) is 0 Å². The molecule has 4 heteroatoms. The molecule has 36 heavy (non-hydrogen) atoms. The second kappa shape index (κ2) is 12.5. The van der Waals surface area contributed by atoms with Crippen LogP contribution in [0.4, 0.5) is 0 Å². The molecule has 0 bridgehead atoms. The fraction of sp³-hybridized carbons (Fsp3) is 0.375. The average molecular weight is 483 g/mol. The number of amides is 2. The molecule has 2 amide bonds. The van der Waals surface area contributed by atoms with Crippen molar-refractivity contribution in [3.05, 3.63) is 107 Å². The van der Waals surface area contributed by atoms with E-state index in [1.165, 1.54) is 5.56 Å². The first kappa shape index (κ1) is 25.7. The van der Waals surface area contributed by atoms with Crippen LogP contribution in [-0.2, 0) is 29.0 Å². The van der Waals surface area contributed by atoms with Crippen molar-refractivity contribution >= 4 is 11.8 Å². The van der Waals surface area contributed by atoms with Crippen LogP contribution in [0.15, 0.2) is 78.9 Å². The lowest BCUT2D eigenvalue weighted by Crippen LogP contribution is -2.52. The molecule has 4 nitrogen and oxygen atoms in total. The van der Waals surface area contributed by atoms with Crippen LogP contribution >= 0.6 is 0 Å². The highest BCUT2D eigenvalue weighted by atomic mass is 16.2. The van der Waals surface area contributed by atoms with E-state index in [2.05, 4.69) is 55.6 Å². The lowest BCUT2D eigenvalue weighted by Gasteiger charge is -2.32. The Morgan fingerprint density at radius 1 is 0.833 bits per heavy atom. The third-order valence-corrected chi connectivity index (χ3v) is 7.16. The SMILES string of the molecule is Cc1ccc(CCC(=O)N(Cc2cccc(C)c2)[C@H](Cc2ccccc2)C(=O)NC2CCCC2)cc1. The van der Waals surface area contributed by atoms with Gasteiger partial charge in [-0.15, -0.1) is 0 Å². The standard InChI is InChI=1S/C32H38N2O2/c1-24-15-17-26(18-16-24)19-20-31(35)34(23-28-12-8-9-25(2)21-28)30(22-27-10-4-3-5-11-27)32(36)33-29-13-6-7-14-29/h3-5,8-12,15-18,21,29-30H,6-7,13-14,19-20,22-23H2,1-2H3,(H,33,36)/t30-/m1/s1. The normalized spacial score (nSPS) is 14.4. The molecule has 3 aromatic rings. The number of carbonyl (C=O) groups excluding carboxylic acids is 2. The molecule has 188 valence electrons. The zero-order valence-corrected chi connectivity index (χ0v) is 21.6. The number of aryl methyl sites for hydroxylation is 3. The molecule has 1 N–H and O–H groups in total. The number of carbonyl (C=O) groups is 2. The van der Waals surface area contributed by atoms with Gasteiger partial charge < -0.3 is 10.2 Å². The Balaban J connectivity index is 1.60. The molecule has 1 atom stereocenters. The molecule has 0 aliphatic heterocycles. The highest BCUT2D eigenvalue weighted by Gasteiger charge is 2.32. The summed E-state index contributed by atoms with van der Waals surface area (Å²) in [6.45, 7) is 4.54. The second-order valence-electron chi connectivity index (χ2n) is 10.2. The molecule has 0 aromatic heterocycles. The van der Waals surface area contributed by atoms with Gasteiger partial charge >= 0.3 is 0 Å². The molecular weight excluding hydrogens is 444 g/mol. The van der Waals surface area contributed by atoms with Crippen molar-refractivity contribution in [3.8, 4) is 0 Å². The van der Waals surface area contributed by atoms with E-state index in [4.69, 9.17) is 0 Å². The third-order valence-electron chi connectivity index (χ3n) is 7.16. The Hall–Kier alpha value is -3.40. The lowest BCUT2D eigenvalue weighted by molar-refractivity contribution is -0.141. The Kier molecular flexibility index (Phi) is 8.94. The van der Waals surface area contributed by atoms with E-state index in [9.17, 15) is 9.59 Å². The van der Waals surface area contributed by atoms with Gasteiger partial charge in [0.05, 0.1) is 0 Å². The minimum absolute atomic E-state index is 0.0135. The first-order chi connectivity index (χ1) is 17.5. The van der Waals surface area contributed by atoms with E-state index >= 15 is 0 Å². The van der Waals surface area contributed by atoms with E-state index in [0.29, 0.717) is 25.8 Å². The van der Waals surface area contributed by atoms with Crippen molar-refractivity contribution in [1.29, 1.82) is 0 Å². The van der Waals surface area contributed by atoms with Gasteiger partial charge in [0.25, 0.3) is 0 Å². The molecule has 4 rings (SSSR count). The number of nitrogens with one attached hydrogen (secondary N) is 1. The van der Waals surface area contributed by atoms with E-state index < -0.39 is 6.04 Å². The molecule has 0 unspecified atom stereocenters. The molecule has 0 heterocycles. The molecule has 0 saturated heterocycles. The third kappa shape index (κ3) is 7.30. The largest absolute Gasteiger partial charge is 0.352 e. The van der Waals surface area contributed by atoms with E-state index in [-0.39, 0.29) is 17.9 Å². The first-order valence-electron chi connectivity index (χ1n) is 13.2. The van der Waals surface area contributed by atoms with Crippen LogP contribution in [0.3, 0.4) is 0 Å². The molecule has 0 radical (unpaired) electrons. The van der Waals surface area contributed by atoms with Gasteiger partial charge in [0.1, 0.15) is 6.04 Å². The summed E-state index contributed by atoms with van der Waals surface area (Å²) in [6.07, 6.45) is 5.86. The fourth-order valence-electron chi connectivity index (χ4n) is 5.08. The number of benzene rings is 3. The van der Waals surface area contributed by atoms with Gasteiger partial charge in [-0.3, -0.25) is 9.59 Å². The quantitative estimate of drug-likeness (QED) is 0.389. The summed E-state index contributed by atoms with van der Waals surface area (Å²) in [5, 5.41) is 3.28. The van der Waals surface area contributed by atoms with Crippen molar-refractivity contribution in [2.24, 2.45) is 0 Å². The summed E-state index contributed by atoms with van der Waals surface area (Å²) < 4.78 is 0. The summed E-state index contributed by atoms with van der Waals surface area (Å²) in [7, 11) is 0. The van der Waals surface area contributed by atoms with Crippen molar-refractivity contribution in [3.63, 3.8) is 0 Å². The molecule has 1 fully saturated rings. The number of hydrogen-bond acceptors (Lipinski definition) is 2. The topological polar surface area (TPSA) is 49.4 Å². The summed E-state index contributed by atoms with van der Waals surface area (Å²) in [6, 6.07) is 26.2. The lowest BCUT2D eigenvalue weighted by atomic mass is 10.0. The van der Waals surface area contributed by atoms with Crippen LogP contribution in [0.5, 0.6) is 0 Å². The Morgan fingerprint density at radius 3 is 2.22 bits per heavy atom. The molecule has 1 aliphatic rings. The maximum Gasteiger partial charge on any atom is 0.243 e. The number of hydrogen-bond donors (Lipinski definition) is 1. The maximum absolute atomic E-state index is 13.8. The highest BCUT2D eigenvalue weighted by molar-refractivity contribution is 5.88. The van der Waals surface area contributed by atoms with Crippen molar-refractivity contribution in [2.45, 2.75) is 77.4 Å². The van der Waals surface area contributed by atoms with E-state index in [1.54, 1.807) is 0 Å². The van der Waals surface area contributed by atoms with Gasteiger partial charge in [-0.25, -0.2) is 0 Å². The summed E-state index contributed by atoms with van der Waals surface area (Å²) >= 11 is 0. The van der Waals surface area contributed by atoms with Crippen molar-refractivity contribution in [1.82, 2.24) is 10.2 Å². The molecule has 0 spiro atoms. The Morgan fingerprint density at radius 2 is 1.53 bits per heavy atom. The van der Waals surface area contributed by atoms with Crippen LogP contribution in [-0.4, -0.2) is 28.8 Å². The second-order valence-corrected chi connectivity index (χ2v) is 10.2. The van der Waals surface area contributed by atoms with Crippen molar-refractivity contribution in [2.75, 3.05) is 0 Å². The predicted molar refractivity (Wildman–Crippen MR) is 146 cm³/mol. The first-order valence-corrected chi connectivity index (χ1v) is 13.2. The average Bonchev–Trinajstić information content (AvgIpc) is 3.39. The van der Waals surface area contributed by atoms with Gasteiger partial charge in [0.2, 0.25) is 11.8 Å². The van der Waals surface area contributed by atoms with Gasteiger partial charge in [0.15, 0.2) is 0 Å². The Bertz CT molecular complexity index is 1130. The molecule has 1 saturated carbocycles. The van der Waals surface area contributed by atoms with Crippen LogP contribution < -0.4 is 5.32 Å². The van der Waals surface area contributed by atoms with Gasteiger partial charge in [-0.2, -0.15) is 0 Å². The van der Waals surface area contributed by atoms with Crippen molar-refractivity contribution < 1.29 is 9.59 Å². The zero-order valence-electron chi connectivity index (χ0n) is 21.6. The summed E-state index contributed by atoms with van der Waals surface area (Å²) in [4.78, 5) is 29.3. The summed E-state index contributed by atoms with van der Waals surface area (Å²) in [5.74, 6) is -0.0262. The van der Waals surface area contributed by atoms with Crippen LogP contribution in [0.2, 0.25) is 0 Å². The van der Waals surface area contributed by atoms with E-state index in [0.717, 1.165) is 47.9 Å². The van der Waals surface area contributed by atoms with Gasteiger partial charge in [-0.1, -0.05) is 103 Å². The smallest absolute Gasteiger partial charge is 0.243 e.